The van der Waals surface area contributed by atoms with Crippen molar-refractivity contribution in [1.29, 1.82) is 0 Å². The minimum Gasteiger partial charge on any atom is -0.483 e. The molecule has 0 N–H and O–H groups in total. The van der Waals surface area contributed by atoms with Crippen molar-refractivity contribution in [1.82, 2.24) is 4.90 Å². The second-order valence-corrected chi connectivity index (χ2v) is 12.3. The highest BCUT2D eigenvalue weighted by molar-refractivity contribution is 6.21. The third-order valence-electron chi connectivity index (χ3n) is 8.81. The number of hydrogen-bond acceptors (Lipinski definition) is 9. The number of rotatable bonds is 11. The van der Waals surface area contributed by atoms with Gasteiger partial charge in [0.2, 0.25) is 11.8 Å². The fourth-order valence-electron chi connectivity index (χ4n) is 6.40. The van der Waals surface area contributed by atoms with Gasteiger partial charge < -0.3 is 23.7 Å². The SMILES string of the molecule is COC1=N[C@H](C(C)C)C(OC)=NC1C[C@@H]1O[C@H](CN2C(=O)c3ccccc3C2=O)[C@@H](OCc2ccccc2)[C@@H]1OCc1ccccc1. The zero-order valence-electron chi connectivity index (χ0n) is 27.2. The number of carbonyl (C=O) groups is 2. The van der Waals surface area contributed by atoms with E-state index in [0.717, 1.165) is 11.1 Å². The van der Waals surface area contributed by atoms with E-state index >= 15 is 0 Å². The first kappa shape index (κ1) is 32.6. The minimum atomic E-state index is -0.674. The Labute approximate surface area is 275 Å². The second kappa shape index (κ2) is 14.6. The van der Waals surface area contributed by atoms with E-state index in [1.807, 2.05) is 60.7 Å². The average Bonchev–Trinajstić information content (AvgIpc) is 3.55. The van der Waals surface area contributed by atoms with E-state index in [4.69, 9.17) is 33.7 Å². The summed E-state index contributed by atoms with van der Waals surface area (Å²) in [5.41, 5.74) is 2.74. The number of nitrogens with zero attached hydrogens (tertiary/aromatic N) is 3. The van der Waals surface area contributed by atoms with Crippen LogP contribution in [-0.4, -0.2) is 85.8 Å². The molecule has 1 fully saturated rings. The first-order valence-electron chi connectivity index (χ1n) is 16.0. The Balaban J connectivity index is 1.32. The smallest absolute Gasteiger partial charge is 0.261 e. The van der Waals surface area contributed by atoms with Crippen LogP contribution in [-0.2, 0) is 36.9 Å². The fraction of sp³-hybridized carbons (Fsp3) is 0.405. The molecule has 0 bridgehead atoms. The number of aliphatic imine (C=N–C) groups is 2. The summed E-state index contributed by atoms with van der Waals surface area (Å²) in [6.07, 6.45) is -2.04. The van der Waals surface area contributed by atoms with Gasteiger partial charge in [-0.2, -0.15) is 0 Å². The molecular weight excluding hydrogens is 598 g/mol. The lowest BCUT2D eigenvalue weighted by atomic mass is 9.98. The standard InChI is InChI=1S/C37H41N3O7/c1-23(2)31-35(44-4)38-28(34(39-31)43-3)19-29-32(45-21-24-13-7-5-8-14-24)33(46-22-25-15-9-6-10-16-25)30(47-29)20-40-36(41)26-17-11-12-18-27(26)37(40)42/h5-18,23,28-33H,19-22H2,1-4H3/t28?,29-,30+,31+,32+,33+/m0/s1. The van der Waals surface area contributed by atoms with Crippen molar-refractivity contribution in [2.45, 2.75) is 70.0 Å². The Bertz CT molecular complexity index is 1580. The zero-order valence-corrected chi connectivity index (χ0v) is 27.2. The fourth-order valence-corrected chi connectivity index (χ4v) is 6.40. The predicted octanol–water partition coefficient (Wildman–Crippen LogP) is 5.11. The van der Waals surface area contributed by atoms with Crippen molar-refractivity contribution in [3.8, 4) is 0 Å². The third kappa shape index (κ3) is 7.00. The van der Waals surface area contributed by atoms with Crippen LogP contribution < -0.4 is 0 Å². The molecule has 0 spiro atoms. The summed E-state index contributed by atoms with van der Waals surface area (Å²) in [6, 6.07) is 25.8. The molecule has 3 heterocycles. The van der Waals surface area contributed by atoms with Crippen LogP contribution in [0.3, 0.4) is 0 Å². The molecule has 0 aliphatic carbocycles. The molecule has 3 aromatic carbocycles. The monoisotopic (exact) mass is 639 g/mol. The maximum atomic E-state index is 13.4. The normalized spacial score (nSPS) is 25.5. The maximum Gasteiger partial charge on any atom is 0.261 e. The molecule has 1 unspecified atom stereocenters. The van der Waals surface area contributed by atoms with Gasteiger partial charge >= 0.3 is 0 Å². The molecular formula is C37H41N3O7. The van der Waals surface area contributed by atoms with Crippen molar-refractivity contribution >= 4 is 23.6 Å². The molecule has 1 saturated heterocycles. The highest BCUT2D eigenvalue weighted by Gasteiger charge is 2.50. The van der Waals surface area contributed by atoms with Gasteiger partial charge in [-0.1, -0.05) is 86.6 Å². The molecule has 0 radical (unpaired) electrons. The minimum absolute atomic E-state index is 0.00536. The second-order valence-electron chi connectivity index (χ2n) is 12.3. The van der Waals surface area contributed by atoms with Crippen molar-refractivity contribution in [3.05, 3.63) is 107 Å². The summed E-state index contributed by atoms with van der Waals surface area (Å²) in [6.45, 7) is 4.73. The van der Waals surface area contributed by atoms with Crippen LogP contribution in [0.5, 0.6) is 0 Å². The van der Waals surface area contributed by atoms with E-state index in [0.29, 0.717) is 42.6 Å². The van der Waals surface area contributed by atoms with Gasteiger partial charge in [0.05, 0.1) is 51.2 Å². The Kier molecular flexibility index (Phi) is 10.1. The summed E-state index contributed by atoms with van der Waals surface area (Å²) >= 11 is 0. The van der Waals surface area contributed by atoms with Crippen molar-refractivity contribution in [2.24, 2.45) is 15.9 Å². The Hall–Kier alpha value is -4.38. The number of amides is 2. The van der Waals surface area contributed by atoms with Gasteiger partial charge in [-0.15, -0.1) is 0 Å². The van der Waals surface area contributed by atoms with E-state index in [1.54, 1.807) is 38.5 Å². The van der Waals surface area contributed by atoms with E-state index in [2.05, 4.69) is 13.8 Å². The third-order valence-corrected chi connectivity index (χ3v) is 8.81. The molecule has 6 atom stereocenters. The van der Waals surface area contributed by atoms with Gasteiger partial charge in [-0.3, -0.25) is 14.5 Å². The highest BCUT2D eigenvalue weighted by atomic mass is 16.6. The molecule has 6 rings (SSSR count). The summed E-state index contributed by atoms with van der Waals surface area (Å²) in [5.74, 6) is 0.475. The van der Waals surface area contributed by atoms with Crippen LogP contribution in [0.1, 0.15) is 52.1 Å². The van der Waals surface area contributed by atoms with Crippen LogP contribution in [0.25, 0.3) is 0 Å². The van der Waals surface area contributed by atoms with E-state index < -0.39 is 30.5 Å². The zero-order chi connectivity index (χ0) is 32.9. The number of fused-ring (bicyclic) bond motifs is 1. The van der Waals surface area contributed by atoms with Crippen LogP contribution >= 0.6 is 0 Å². The molecule has 10 heteroatoms. The Morgan fingerprint density at radius 2 is 1.21 bits per heavy atom. The van der Waals surface area contributed by atoms with E-state index in [1.165, 1.54) is 4.90 Å². The van der Waals surface area contributed by atoms with Crippen molar-refractivity contribution < 1.29 is 33.3 Å². The molecule has 246 valence electrons. The van der Waals surface area contributed by atoms with Crippen molar-refractivity contribution in [2.75, 3.05) is 20.8 Å². The number of hydrogen-bond donors (Lipinski definition) is 0. The first-order chi connectivity index (χ1) is 22.9. The summed E-state index contributed by atoms with van der Waals surface area (Å²) in [7, 11) is 3.19. The predicted molar refractivity (Wildman–Crippen MR) is 176 cm³/mol. The van der Waals surface area contributed by atoms with E-state index in [-0.39, 0.29) is 30.3 Å². The number of ether oxygens (including phenoxy) is 5. The number of carbonyl (C=O) groups excluding carboxylic acids is 2. The lowest BCUT2D eigenvalue weighted by molar-refractivity contribution is -0.0804. The van der Waals surface area contributed by atoms with Crippen molar-refractivity contribution in [3.63, 3.8) is 0 Å². The molecule has 3 aromatic rings. The van der Waals surface area contributed by atoms with E-state index in [9.17, 15) is 9.59 Å². The Morgan fingerprint density at radius 3 is 1.72 bits per heavy atom. The molecule has 0 aromatic heterocycles. The highest BCUT2D eigenvalue weighted by Crippen LogP contribution is 2.35. The van der Waals surface area contributed by atoms with Gasteiger partial charge in [0, 0.05) is 6.42 Å². The number of imide groups is 1. The van der Waals surface area contributed by atoms with Crippen LogP contribution in [0.4, 0.5) is 0 Å². The Morgan fingerprint density at radius 1 is 0.702 bits per heavy atom. The van der Waals surface area contributed by atoms with Gasteiger partial charge in [0.1, 0.15) is 30.4 Å². The van der Waals surface area contributed by atoms with Crippen LogP contribution in [0.15, 0.2) is 94.9 Å². The van der Waals surface area contributed by atoms with Gasteiger partial charge in [-0.25, -0.2) is 9.98 Å². The first-order valence-corrected chi connectivity index (χ1v) is 16.0. The largest absolute Gasteiger partial charge is 0.483 e. The molecule has 47 heavy (non-hydrogen) atoms. The van der Waals surface area contributed by atoms with Gasteiger partial charge in [0.25, 0.3) is 11.8 Å². The summed E-state index contributed by atoms with van der Waals surface area (Å²) in [4.78, 5) is 37.9. The quantitative estimate of drug-likeness (QED) is 0.269. The number of benzene rings is 3. The van der Waals surface area contributed by atoms with Gasteiger partial charge in [-0.05, 0) is 29.2 Å². The molecule has 3 aliphatic rings. The average molecular weight is 640 g/mol. The van der Waals surface area contributed by atoms with Crippen LogP contribution in [0.2, 0.25) is 0 Å². The summed E-state index contributed by atoms with van der Waals surface area (Å²) in [5, 5.41) is 0. The molecule has 0 saturated carbocycles. The lowest BCUT2D eigenvalue weighted by Gasteiger charge is -2.30. The van der Waals surface area contributed by atoms with Crippen LogP contribution in [0, 0.1) is 5.92 Å². The van der Waals surface area contributed by atoms with Gasteiger partial charge in [0.15, 0.2) is 0 Å². The maximum absolute atomic E-state index is 13.4. The molecule has 3 aliphatic heterocycles. The lowest BCUT2D eigenvalue weighted by Crippen LogP contribution is -2.44. The number of methoxy groups -OCH3 is 2. The molecule has 2 amide bonds. The molecule has 10 nitrogen and oxygen atoms in total. The summed E-state index contributed by atoms with van der Waals surface area (Å²) < 4.78 is 31.4. The topological polar surface area (TPSA) is 108 Å².